The molecule has 0 aliphatic carbocycles. The molecule has 0 saturated heterocycles. The van der Waals surface area contributed by atoms with E-state index in [0.29, 0.717) is 29.3 Å². The summed E-state index contributed by atoms with van der Waals surface area (Å²) in [7, 11) is 1.92. The number of aromatic nitrogens is 1. The summed E-state index contributed by atoms with van der Waals surface area (Å²) < 4.78 is 11.0. The van der Waals surface area contributed by atoms with Crippen LogP contribution in [0.5, 0.6) is 0 Å². The number of nitrogen functional groups attached to an aromatic ring is 1. The van der Waals surface area contributed by atoms with Crippen LogP contribution in [0.2, 0.25) is 0 Å². The van der Waals surface area contributed by atoms with E-state index in [1.54, 1.807) is 6.26 Å². The fraction of sp³-hybridized carbons (Fsp3) is 0.214. The van der Waals surface area contributed by atoms with E-state index in [9.17, 15) is 0 Å². The lowest BCUT2D eigenvalue weighted by molar-refractivity contribution is 0.527. The molecule has 0 amide bonds. The van der Waals surface area contributed by atoms with E-state index in [4.69, 9.17) is 14.6 Å². The molecule has 0 aliphatic heterocycles. The van der Waals surface area contributed by atoms with Gasteiger partial charge < -0.3 is 19.5 Å². The number of hydrogen-bond acceptors (Lipinski definition) is 5. The minimum atomic E-state index is 0.550. The Morgan fingerprint density at radius 2 is 2.16 bits per heavy atom. The van der Waals surface area contributed by atoms with Gasteiger partial charge in [-0.25, -0.2) is 0 Å². The van der Waals surface area contributed by atoms with Gasteiger partial charge in [0.05, 0.1) is 18.5 Å². The Morgan fingerprint density at radius 1 is 1.32 bits per heavy atom. The molecular weight excluding hydrogens is 242 g/mol. The maximum Gasteiger partial charge on any atom is 0.298 e. The van der Waals surface area contributed by atoms with Gasteiger partial charge in [0.25, 0.3) is 6.01 Å². The highest BCUT2D eigenvalue weighted by molar-refractivity contribution is 5.86. The van der Waals surface area contributed by atoms with Gasteiger partial charge in [-0.2, -0.15) is 4.98 Å². The number of nitrogens with two attached hydrogens (primary N) is 1. The highest BCUT2D eigenvalue weighted by Crippen LogP contribution is 2.26. The molecular formula is C14H15N3O2. The molecule has 0 aliphatic rings. The van der Waals surface area contributed by atoms with E-state index in [-0.39, 0.29) is 0 Å². The zero-order valence-electron chi connectivity index (χ0n) is 10.9. The Labute approximate surface area is 110 Å². The lowest BCUT2D eigenvalue weighted by atomic mass is 10.2. The van der Waals surface area contributed by atoms with Gasteiger partial charge in [0, 0.05) is 12.6 Å². The summed E-state index contributed by atoms with van der Waals surface area (Å²) in [6.07, 6.45) is 1.68. The highest BCUT2D eigenvalue weighted by atomic mass is 16.4. The average molecular weight is 257 g/mol. The topological polar surface area (TPSA) is 68.4 Å². The molecule has 98 valence electrons. The van der Waals surface area contributed by atoms with Crippen molar-refractivity contribution in [2.24, 2.45) is 0 Å². The van der Waals surface area contributed by atoms with Gasteiger partial charge in [-0.15, -0.1) is 0 Å². The van der Waals surface area contributed by atoms with Crippen LogP contribution >= 0.6 is 0 Å². The molecule has 0 saturated carbocycles. The van der Waals surface area contributed by atoms with Crippen molar-refractivity contribution in [3.63, 3.8) is 0 Å². The molecule has 5 heteroatoms. The maximum absolute atomic E-state index is 5.87. The first-order valence-electron chi connectivity index (χ1n) is 6.04. The van der Waals surface area contributed by atoms with Crippen molar-refractivity contribution in [3.05, 3.63) is 41.9 Å². The van der Waals surface area contributed by atoms with E-state index in [1.807, 2.05) is 43.1 Å². The molecule has 19 heavy (non-hydrogen) atoms. The summed E-state index contributed by atoms with van der Waals surface area (Å²) in [6, 6.07) is 8.03. The number of aryl methyl sites for hydroxylation is 1. The molecule has 0 unspecified atom stereocenters. The SMILES string of the molecule is Cc1occc1CN(C)c1nc2c(N)cccc2o1. The number of hydrogen-bond donors (Lipinski definition) is 1. The second-order valence-electron chi connectivity index (χ2n) is 4.55. The van der Waals surface area contributed by atoms with E-state index >= 15 is 0 Å². The number of anilines is 2. The fourth-order valence-corrected chi connectivity index (χ4v) is 2.02. The molecule has 2 N–H and O–H groups in total. The maximum atomic E-state index is 5.87. The molecule has 1 aromatic carbocycles. The molecule has 2 heterocycles. The van der Waals surface area contributed by atoms with Crippen LogP contribution in [0.1, 0.15) is 11.3 Å². The molecule has 5 nitrogen and oxygen atoms in total. The van der Waals surface area contributed by atoms with Crippen molar-refractivity contribution in [2.75, 3.05) is 17.7 Å². The van der Waals surface area contributed by atoms with Crippen LogP contribution in [-0.2, 0) is 6.54 Å². The Bertz CT molecular complexity index is 714. The third-order valence-corrected chi connectivity index (χ3v) is 3.14. The van der Waals surface area contributed by atoms with Crippen molar-refractivity contribution in [2.45, 2.75) is 13.5 Å². The zero-order valence-corrected chi connectivity index (χ0v) is 10.9. The number of benzene rings is 1. The minimum absolute atomic E-state index is 0.550. The van der Waals surface area contributed by atoms with E-state index in [2.05, 4.69) is 4.98 Å². The van der Waals surface area contributed by atoms with Crippen LogP contribution in [-0.4, -0.2) is 12.0 Å². The summed E-state index contributed by atoms with van der Waals surface area (Å²) in [5.41, 5.74) is 9.01. The second-order valence-corrected chi connectivity index (χ2v) is 4.55. The normalized spacial score (nSPS) is 11.1. The van der Waals surface area contributed by atoms with Gasteiger partial charge in [0.1, 0.15) is 11.3 Å². The van der Waals surface area contributed by atoms with Crippen LogP contribution in [0, 0.1) is 6.92 Å². The third-order valence-electron chi connectivity index (χ3n) is 3.14. The Morgan fingerprint density at radius 3 is 2.84 bits per heavy atom. The van der Waals surface area contributed by atoms with Crippen molar-refractivity contribution >= 4 is 22.8 Å². The summed E-state index contributed by atoms with van der Waals surface area (Å²) >= 11 is 0. The molecule has 0 spiro atoms. The molecule has 0 atom stereocenters. The number of oxazole rings is 1. The van der Waals surface area contributed by atoms with Crippen LogP contribution in [0.4, 0.5) is 11.7 Å². The lowest BCUT2D eigenvalue weighted by Gasteiger charge is -2.13. The van der Waals surface area contributed by atoms with Crippen molar-refractivity contribution in [3.8, 4) is 0 Å². The third kappa shape index (κ3) is 2.03. The molecule has 0 fully saturated rings. The zero-order chi connectivity index (χ0) is 13.4. The minimum Gasteiger partial charge on any atom is -0.469 e. The van der Waals surface area contributed by atoms with E-state index in [1.165, 1.54) is 0 Å². The van der Waals surface area contributed by atoms with Crippen LogP contribution in [0.15, 0.2) is 39.4 Å². The number of para-hydroxylation sites is 1. The van der Waals surface area contributed by atoms with Crippen molar-refractivity contribution in [1.29, 1.82) is 0 Å². The molecule has 3 rings (SSSR count). The first-order chi connectivity index (χ1) is 9.15. The number of fused-ring (bicyclic) bond motifs is 1. The predicted molar refractivity (Wildman–Crippen MR) is 74.0 cm³/mol. The summed E-state index contributed by atoms with van der Waals surface area (Å²) in [5, 5.41) is 0. The first kappa shape index (κ1) is 11.6. The first-order valence-corrected chi connectivity index (χ1v) is 6.04. The Balaban J connectivity index is 1.91. The summed E-state index contributed by atoms with van der Waals surface area (Å²) in [6.45, 7) is 2.61. The van der Waals surface area contributed by atoms with Gasteiger partial charge >= 0.3 is 0 Å². The average Bonchev–Trinajstić information content (AvgIpc) is 2.97. The standard InChI is InChI=1S/C14H15N3O2/c1-9-10(6-7-18-9)8-17(2)14-16-13-11(15)4-3-5-12(13)19-14/h3-7H,8,15H2,1-2H3. The smallest absolute Gasteiger partial charge is 0.298 e. The number of nitrogens with zero attached hydrogens (tertiary/aromatic N) is 2. The molecule has 3 aromatic rings. The fourth-order valence-electron chi connectivity index (χ4n) is 2.02. The van der Waals surface area contributed by atoms with Crippen molar-refractivity contribution in [1.82, 2.24) is 4.98 Å². The van der Waals surface area contributed by atoms with Gasteiger partial charge in [-0.3, -0.25) is 0 Å². The summed E-state index contributed by atoms with van der Waals surface area (Å²) in [4.78, 5) is 6.35. The molecule has 0 radical (unpaired) electrons. The van der Waals surface area contributed by atoms with Crippen LogP contribution in [0.25, 0.3) is 11.1 Å². The van der Waals surface area contributed by atoms with Crippen LogP contribution < -0.4 is 10.6 Å². The van der Waals surface area contributed by atoms with Crippen molar-refractivity contribution < 1.29 is 8.83 Å². The van der Waals surface area contributed by atoms with Gasteiger partial charge in [-0.1, -0.05) is 6.07 Å². The monoisotopic (exact) mass is 257 g/mol. The van der Waals surface area contributed by atoms with Gasteiger partial charge in [0.15, 0.2) is 5.58 Å². The number of rotatable bonds is 3. The Hall–Kier alpha value is -2.43. The molecule has 0 bridgehead atoms. The van der Waals surface area contributed by atoms with Crippen LogP contribution in [0.3, 0.4) is 0 Å². The summed E-state index contributed by atoms with van der Waals surface area (Å²) in [5.74, 6) is 0.905. The number of furan rings is 1. The quantitative estimate of drug-likeness (QED) is 0.730. The molecule has 2 aromatic heterocycles. The van der Waals surface area contributed by atoms with Gasteiger partial charge in [-0.05, 0) is 25.1 Å². The Kier molecular flexibility index (Phi) is 2.67. The van der Waals surface area contributed by atoms with Gasteiger partial charge in [0.2, 0.25) is 0 Å². The predicted octanol–water partition coefficient (Wildman–Crippen LogP) is 2.95. The largest absolute Gasteiger partial charge is 0.469 e. The second kappa shape index (κ2) is 4.35. The van der Waals surface area contributed by atoms with E-state index in [0.717, 1.165) is 11.3 Å². The lowest BCUT2D eigenvalue weighted by Crippen LogP contribution is -2.16. The van der Waals surface area contributed by atoms with E-state index < -0.39 is 0 Å². The highest BCUT2D eigenvalue weighted by Gasteiger charge is 2.13.